The van der Waals surface area contributed by atoms with Crippen LogP contribution in [-0.4, -0.2) is 46.9 Å². The maximum atomic E-state index is 13.1. The average Bonchev–Trinajstić information content (AvgIpc) is 3.19. The number of rotatable bonds is 41. The summed E-state index contributed by atoms with van der Waals surface area (Å²) in [5, 5.41) is 23.6. The van der Waals surface area contributed by atoms with E-state index < -0.39 is 18.2 Å². The topological polar surface area (TPSA) is 95.9 Å². The molecular formula is C50H89NO5. The lowest BCUT2D eigenvalue weighted by Gasteiger charge is -2.24. The fraction of sp³-hybridized carbons (Fsp3) is 0.760. The van der Waals surface area contributed by atoms with Crippen LogP contribution in [0, 0.1) is 0 Å². The van der Waals surface area contributed by atoms with Crippen molar-refractivity contribution in [3.8, 4) is 0 Å². The van der Waals surface area contributed by atoms with Crippen molar-refractivity contribution in [2.45, 2.75) is 238 Å². The number of hydrogen-bond donors (Lipinski definition) is 3. The van der Waals surface area contributed by atoms with Crippen LogP contribution in [0.15, 0.2) is 60.8 Å². The van der Waals surface area contributed by atoms with Crippen molar-refractivity contribution >= 4 is 11.9 Å². The Hall–Kier alpha value is -2.44. The number of hydrogen-bond acceptors (Lipinski definition) is 5. The maximum Gasteiger partial charge on any atom is 0.306 e. The first-order chi connectivity index (χ1) is 27.5. The molecule has 0 aliphatic heterocycles. The molecule has 0 fully saturated rings. The highest BCUT2D eigenvalue weighted by Crippen LogP contribution is 2.16. The zero-order valence-corrected chi connectivity index (χ0v) is 36.8. The zero-order chi connectivity index (χ0) is 41.0. The van der Waals surface area contributed by atoms with Gasteiger partial charge in [-0.05, 0) is 19.3 Å². The first-order valence-corrected chi connectivity index (χ1v) is 23.6. The summed E-state index contributed by atoms with van der Waals surface area (Å²) in [6, 6.07) is -0.737. The minimum Gasteiger partial charge on any atom is -0.461 e. The van der Waals surface area contributed by atoms with Gasteiger partial charge in [0.05, 0.1) is 25.2 Å². The summed E-state index contributed by atoms with van der Waals surface area (Å²) in [4.78, 5) is 25.9. The molecule has 0 aliphatic carbocycles. The Morgan fingerprint density at radius 1 is 0.536 bits per heavy atom. The van der Waals surface area contributed by atoms with Crippen molar-refractivity contribution < 1.29 is 24.5 Å². The van der Waals surface area contributed by atoms with E-state index in [1.54, 1.807) is 0 Å². The molecule has 3 unspecified atom stereocenters. The Bertz CT molecular complexity index is 1010. The van der Waals surface area contributed by atoms with Crippen LogP contribution < -0.4 is 5.32 Å². The summed E-state index contributed by atoms with van der Waals surface area (Å²) in [5.74, 6) is -0.610. The number of esters is 1. The van der Waals surface area contributed by atoms with Gasteiger partial charge in [0.2, 0.25) is 5.91 Å². The molecule has 324 valence electrons. The molecule has 0 aromatic rings. The van der Waals surface area contributed by atoms with Crippen LogP contribution in [0.25, 0.3) is 0 Å². The van der Waals surface area contributed by atoms with Crippen LogP contribution in [0.5, 0.6) is 0 Å². The largest absolute Gasteiger partial charge is 0.461 e. The second-order valence-corrected chi connectivity index (χ2v) is 15.9. The van der Waals surface area contributed by atoms with Crippen LogP contribution in [0.3, 0.4) is 0 Å². The number of carbonyl (C=O) groups excluding carboxylic acids is 2. The fourth-order valence-electron chi connectivity index (χ4n) is 6.92. The van der Waals surface area contributed by atoms with Gasteiger partial charge in [-0.25, -0.2) is 0 Å². The minimum atomic E-state index is -0.816. The molecule has 6 nitrogen and oxygen atoms in total. The van der Waals surface area contributed by atoms with Gasteiger partial charge in [-0.2, -0.15) is 0 Å². The van der Waals surface area contributed by atoms with Crippen molar-refractivity contribution in [1.82, 2.24) is 5.32 Å². The Morgan fingerprint density at radius 3 is 1.36 bits per heavy atom. The number of nitrogens with one attached hydrogen (secondary N) is 1. The van der Waals surface area contributed by atoms with Gasteiger partial charge in [-0.1, -0.05) is 242 Å². The third-order valence-electron chi connectivity index (χ3n) is 10.5. The quantitative estimate of drug-likeness (QED) is 0.0326. The highest BCUT2D eigenvalue weighted by atomic mass is 16.5. The van der Waals surface area contributed by atoms with Gasteiger partial charge in [0.15, 0.2) is 0 Å². The molecule has 0 aromatic heterocycles. The minimum absolute atomic E-state index is 0.0180. The number of unbranched alkanes of at least 4 members (excludes halogenated alkanes) is 24. The molecule has 0 saturated heterocycles. The van der Waals surface area contributed by atoms with E-state index in [0.717, 1.165) is 44.9 Å². The van der Waals surface area contributed by atoms with Gasteiger partial charge in [0.25, 0.3) is 0 Å². The monoisotopic (exact) mass is 784 g/mol. The number of aliphatic hydroxyl groups excluding tert-OH is 2. The van der Waals surface area contributed by atoms with E-state index in [2.05, 4.69) is 32.2 Å². The molecule has 0 aromatic carbocycles. The standard InChI is InChI=1S/C50H89NO5/c1-4-7-10-13-16-19-21-22-23-24-25-26-28-31-33-36-39-42-48(53)47(45-52)51-49(54)44-46(41-38-35-32-30-27-20-17-14-11-8-5-2)56-50(55)43-40-37-34-29-18-15-12-9-6-3/h8,11,14,17,20,27,30,32,35,38,46-48,52-53H,4-7,9-10,12-13,15-16,18-19,21-26,28-29,31,33-34,36-37,39-45H2,1-3H3,(H,51,54)/b11-8+,17-14+,27-20-,32-30-,38-35+. The van der Waals surface area contributed by atoms with Crippen molar-refractivity contribution in [2.75, 3.05) is 6.61 Å². The number of allylic oxidation sites excluding steroid dienone is 9. The maximum absolute atomic E-state index is 13.1. The predicted octanol–water partition coefficient (Wildman–Crippen LogP) is 13.7. The number of amides is 1. The van der Waals surface area contributed by atoms with E-state index in [4.69, 9.17) is 4.74 Å². The van der Waals surface area contributed by atoms with Crippen molar-refractivity contribution in [2.24, 2.45) is 0 Å². The lowest BCUT2D eigenvalue weighted by molar-refractivity contribution is -0.150. The van der Waals surface area contributed by atoms with E-state index in [1.165, 1.54) is 128 Å². The second-order valence-electron chi connectivity index (χ2n) is 15.9. The molecule has 0 aliphatic rings. The Labute approximate surface area is 346 Å². The smallest absolute Gasteiger partial charge is 0.306 e. The molecule has 0 heterocycles. The lowest BCUT2D eigenvalue weighted by atomic mass is 10.0. The summed E-state index contributed by atoms with van der Waals surface area (Å²) in [5.41, 5.74) is 0. The number of carbonyl (C=O) groups is 2. The number of ether oxygens (including phenoxy) is 1. The first-order valence-electron chi connectivity index (χ1n) is 23.6. The van der Waals surface area contributed by atoms with Gasteiger partial charge in [-0.3, -0.25) is 9.59 Å². The summed E-state index contributed by atoms with van der Waals surface area (Å²) in [6.07, 6.45) is 53.1. The van der Waals surface area contributed by atoms with Gasteiger partial charge in [-0.15, -0.1) is 0 Å². The zero-order valence-electron chi connectivity index (χ0n) is 36.8. The number of aliphatic hydroxyl groups is 2. The summed E-state index contributed by atoms with van der Waals surface area (Å²) >= 11 is 0. The molecule has 0 saturated carbocycles. The molecule has 1 amide bonds. The third kappa shape index (κ3) is 38.4. The van der Waals surface area contributed by atoms with Crippen LogP contribution in [-0.2, 0) is 14.3 Å². The van der Waals surface area contributed by atoms with Crippen LogP contribution in [0.2, 0.25) is 0 Å². The molecule has 3 N–H and O–H groups in total. The van der Waals surface area contributed by atoms with Crippen LogP contribution in [0.4, 0.5) is 0 Å². The van der Waals surface area contributed by atoms with Crippen LogP contribution >= 0.6 is 0 Å². The Morgan fingerprint density at radius 2 is 0.929 bits per heavy atom. The fourth-order valence-corrected chi connectivity index (χ4v) is 6.92. The molecule has 0 rings (SSSR count). The highest BCUT2D eigenvalue weighted by Gasteiger charge is 2.23. The van der Waals surface area contributed by atoms with Crippen molar-refractivity contribution in [3.63, 3.8) is 0 Å². The molecule has 56 heavy (non-hydrogen) atoms. The SMILES string of the molecule is CC/C=C/C=C/C=C\C=C/C=C/CC(CC(=O)NC(CO)C(O)CCCCCCCCCCCCCCCCCCC)OC(=O)CCCCCCCCCCC. The van der Waals surface area contributed by atoms with E-state index >= 15 is 0 Å². The normalized spacial score (nSPS) is 13.9. The molecule has 0 bridgehead atoms. The molecule has 0 radical (unpaired) electrons. The lowest BCUT2D eigenvalue weighted by Crippen LogP contribution is -2.46. The summed E-state index contributed by atoms with van der Waals surface area (Å²) in [6.45, 7) is 6.27. The molecule has 0 spiro atoms. The van der Waals surface area contributed by atoms with E-state index in [1.807, 2.05) is 54.7 Å². The third-order valence-corrected chi connectivity index (χ3v) is 10.5. The Balaban J connectivity index is 4.57. The molecule has 3 atom stereocenters. The summed E-state index contributed by atoms with van der Waals surface area (Å²) in [7, 11) is 0. The molecule has 6 heteroatoms. The second kappa shape index (κ2) is 43.7. The van der Waals surface area contributed by atoms with Crippen molar-refractivity contribution in [3.05, 3.63) is 60.8 Å². The van der Waals surface area contributed by atoms with Gasteiger partial charge in [0, 0.05) is 12.8 Å². The van der Waals surface area contributed by atoms with E-state index in [0.29, 0.717) is 19.3 Å². The van der Waals surface area contributed by atoms with E-state index in [-0.39, 0.29) is 24.9 Å². The highest BCUT2D eigenvalue weighted by molar-refractivity contribution is 5.77. The van der Waals surface area contributed by atoms with Crippen LogP contribution in [0.1, 0.15) is 220 Å². The van der Waals surface area contributed by atoms with Crippen molar-refractivity contribution in [1.29, 1.82) is 0 Å². The summed E-state index contributed by atoms with van der Waals surface area (Å²) < 4.78 is 5.80. The Kier molecular flexibility index (Phi) is 41.8. The van der Waals surface area contributed by atoms with Gasteiger partial charge < -0.3 is 20.3 Å². The average molecular weight is 784 g/mol. The van der Waals surface area contributed by atoms with Gasteiger partial charge in [0.1, 0.15) is 6.10 Å². The van der Waals surface area contributed by atoms with E-state index in [9.17, 15) is 19.8 Å². The first kappa shape index (κ1) is 53.6. The van der Waals surface area contributed by atoms with Gasteiger partial charge >= 0.3 is 5.97 Å². The predicted molar refractivity (Wildman–Crippen MR) is 241 cm³/mol. The molecular weight excluding hydrogens is 695 g/mol.